The molecule has 0 rings (SSSR count). The zero-order chi connectivity index (χ0) is 9.12. The Kier molecular flexibility index (Phi) is 6.99. The van der Waals surface area contributed by atoms with Gasteiger partial charge >= 0.3 is 97.9 Å². The summed E-state index contributed by atoms with van der Waals surface area (Å²) < 4.78 is 0.639. The maximum atomic E-state index is 5.69. The molecule has 0 bridgehead atoms. The SMILES string of the molecule is Cl[Si](Cl)(Cl)CC[CH2][Sn]([Cl])([Cl])[Cl]. The molecule has 0 radical (unpaired) electrons. The van der Waals surface area contributed by atoms with Crippen LogP contribution in [0.5, 0.6) is 0 Å². The van der Waals surface area contributed by atoms with Gasteiger partial charge in [0, 0.05) is 0 Å². The van der Waals surface area contributed by atoms with Crippen molar-refractivity contribution in [2.45, 2.75) is 16.9 Å². The maximum absolute atomic E-state index is 5.69. The molecule has 0 saturated heterocycles. The summed E-state index contributed by atoms with van der Waals surface area (Å²) in [5.41, 5.74) is 0. The van der Waals surface area contributed by atoms with Gasteiger partial charge < -0.3 is 0 Å². The second kappa shape index (κ2) is 5.59. The van der Waals surface area contributed by atoms with Crippen molar-refractivity contribution in [3.05, 3.63) is 0 Å². The van der Waals surface area contributed by atoms with Crippen molar-refractivity contribution in [1.29, 1.82) is 0 Å². The van der Waals surface area contributed by atoms with Crippen LogP contribution in [0.4, 0.5) is 0 Å². The first-order valence-corrected chi connectivity index (χ1v) is 20.9. The second-order valence-corrected chi connectivity index (χ2v) is 33.2. The number of rotatable bonds is 4. The first kappa shape index (κ1) is 13.8. The fourth-order valence-electron chi connectivity index (χ4n) is 0.489. The van der Waals surface area contributed by atoms with Gasteiger partial charge in [0.25, 0.3) is 0 Å². The summed E-state index contributed by atoms with van der Waals surface area (Å²) in [6.45, 7) is 0. The molecule has 0 amide bonds. The summed E-state index contributed by atoms with van der Waals surface area (Å²) in [7, 11) is 17.1. The van der Waals surface area contributed by atoms with Crippen molar-refractivity contribution in [2.24, 2.45) is 0 Å². The van der Waals surface area contributed by atoms with E-state index in [2.05, 4.69) is 0 Å². The normalized spacial score (nSPS) is 13.6. The third-order valence-electron chi connectivity index (χ3n) is 0.921. The Morgan fingerprint density at radius 3 is 1.73 bits per heavy atom. The van der Waals surface area contributed by atoms with E-state index in [1.165, 1.54) is 0 Å². The number of halogens is 6. The molecule has 0 spiro atoms. The Hall–Kier alpha value is 2.76. The molecule has 0 aromatic rings. The standard InChI is InChI=1S/C3H6Cl3Si.3ClH.Sn/c1-2-3-7(4,5)6;;;;/h1-3H2;3*1H;/q;;;;+3/p-3. The summed E-state index contributed by atoms with van der Waals surface area (Å²) in [5, 5.41) is 0. The van der Waals surface area contributed by atoms with Gasteiger partial charge in [0.1, 0.15) is 0 Å². The molecule has 0 aliphatic rings. The van der Waals surface area contributed by atoms with E-state index in [1.807, 2.05) is 0 Å². The van der Waals surface area contributed by atoms with E-state index in [4.69, 9.17) is 60.0 Å². The first-order chi connectivity index (χ1) is 4.71. The molecule has 0 aromatic heterocycles. The van der Waals surface area contributed by atoms with Gasteiger partial charge in [0.2, 0.25) is 0 Å². The van der Waals surface area contributed by atoms with Crippen LogP contribution in [0.3, 0.4) is 0 Å². The van der Waals surface area contributed by atoms with Crippen LogP contribution in [-0.4, -0.2) is 21.0 Å². The quantitative estimate of drug-likeness (QED) is 0.474. The molecular weight excluding hydrogens is 396 g/mol. The Labute approximate surface area is 96.6 Å². The third kappa shape index (κ3) is 12.8. The van der Waals surface area contributed by atoms with Gasteiger partial charge in [-0.25, -0.2) is 0 Å². The first-order valence-electron chi connectivity index (χ1n) is 2.84. The van der Waals surface area contributed by atoms with Crippen LogP contribution in [0.15, 0.2) is 0 Å². The van der Waals surface area contributed by atoms with Gasteiger partial charge in [0.15, 0.2) is 0 Å². The van der Waals surface area contributed by atoms with Crippen molar-refractivity contribution in [3.63, 3.8) is 0 Å². The van der Waals surface area contributed by atoms with Crippen LogP contribution in [0, 0.1) is 0 Å². The van der Waals surface area contributed by atoms with Crippen LogP contribution in [0.2, 0.25) is 10.5 Å². The molecule has 0 fully saturated rings. The van der Waals surface area contributed by atoms with E-state index < -0.39 is 21.0 Å². The van der Waals surface area contributed by atoms with Gasteiger partial charge in [0.05, 0.1) is 0 Å². The molecule has 0 aliphatic carbocycles. The number of hydrogen-bond donors (Lipinski definition) is 0. The molecule has 0 nitrogen and oxygen atoms in total. The molecule has 0 unspecified atom stereocenters. The van der Waals surface area contributed by atoms with Gasteiger partial charge in [-0.3, -0.25) is 0 Å². The molecular formula is C3H6Cl6SiSn. The van der Waals surface area contributed by atoms with E-state index in [9.17, 15) is 0 Å². The van der Waals surface area contributed by atoms with E-state index >= 15 is 0 Å². The molecule has 11 heavy (non-hydrogen) atoms. The van der Waals surface area contributed by atoms with Gasteiger partial charge in [-0.15, -0.1) is 0 Å². The predicted molar refractivity (Wildman–Crippen MR) is 60.9 cm³/mol. The molecule has 68 valence electrons. The monoisotopic (exact) mass is 400 g/mol. The summed E-state index contributed by atoms with van der Waals surface area (Å²) in [4.78, 5) is 0. The van der Waals surface area contributed by atoms with E-state index in [1.54, 1.807) is 0 Å². The minimum atomic E-state index is -3.15. The molecule has 0 N–H and O–H groups in total. The molecule has 0 atom stereocenters. The van der Waals surface area contributed by atoms with Crippen LogP contribution < -0.4 is 0 Å². The zero-order valence-electron chi connectivity index (χ0n) is 5.39. The van der Waals surface area contributed by atoms with E-state index in [0.717, 1.165) is 6.42 Å². The molecule has 0 aromatic carbocycles. The average Bonchev–Trinajstić information content (AvgIpc) is 1.55. The van der Waals surface area contributed by atoms with E-state index in [0.29, 0.717) is 10.5 Å². The molecule has 0 heterocycles. The fourth-order valence-corrected chi connectivity index (χ4v) is 7.62. The Bertz CT molecular complexity index is 102. The predicted octanol–water partition coefficient (Wildman–Crippen LogP) is 4.69. The van der Waals surface area contributed by atoms with Crippen LogP contribution >= 0.6 is 60.0 Å². The summed E-state index contributed by atoms with van der Waals surface area (Å²) in [6.07, 6.45) is 0.731. The summed E-state index contributed by atoms with van der Waals surface area (Å²) >= 11 is 13.7. The van der Waals surface area contributed by atoms with Crippen molar-refractivity contribution in [3.8, 4) is 0 Å². The van der Waals surface area contributed by atoms with Crippen LogP contribution in [0.25, 0.3) is 0 Å². The summed E-state index contributed by atoms with van der Waals surface area (Å²) in [6, 6.07) is -1.90. The van der Waals surface area contributed by atoms with E-state index in [-0.39, 0.29) is 0 Å². The third-order valence-corrected chi connectivity index (χ3v) is 9.97. The molecule has 0 saturated carbocycles. The summed E-state index contributed by atoms with van der Waals surface area (Å²) in [5.74, 6) is 0. The molecule has 0 aliphatic heterocycles. The van der Waals surface area contributed by atoms with Crippen molar-refractivity contribution in [2.75, 3.05) is 0 Å². The Morgan fingerprint density at radius 1 is 1.00 bits per heavy atom. The second-order valence-electron chi connectivity index (χ2n) is 2.08. The minimum absolute atomic E-state index is 0.586. The zero-order valence-corrected chi connectivity index (χ0v) is 13.8. The van der Waals surface area contributed by atoms with Crippen molar-refractivity contribution < 1.29 is 0 Å². The molecule has 8 heteroatoms. The van der Waals surface area contributed by atoms with Crippen LogP contribution in [-0.2, 0) is 0 Å². The Morgan fingerprint density at radius 2 is 1.45 bits per heavy atom. The fraction of sp³-hybridized carbons (Fsp3) is 1.00. The number of hydrogen-bond acceptors (Lipinski definition) is 0. The topological polar surface area (TPSA) is 0 Å². The van der Waals surface area contributed by atoms with Gasteiger partial charge in [-0.2, -0.15) is 0 Å². The van der Waals surface area contributed by atoms with Crippen molar-refractivity contribution >= 4 is 81.0 Å². The van der Waals surface area contributed by atoms with Crippen molar-refractivity contribution in [1.82, 2.24) is 0 Å². The van der Waals surface area contributed by atoms with Gasteiger partial charge in [-0.05, 0) is 0 Å². The van der Waals surface area contributed by atoms with Gasteiger partial charge in [-0.1, -0.05) is 0 Å². The Balaban J connectivity index is 3.44. The van der Waals surface area contributed by atoms with Crippen LogP contribution in [0.1, 0.15) is 6.42 Å². The average molecular weight is 402 g/mol.